The Balaban J connectivity index is 2.62. The summed E-state index contributed by atoms with van der Waals surface area (Å²) in [5, 5.41) is 0. The number of hydrogen-bond acceptors (Lipinski definition) is 6. The van der Waals surface area contributed by atoms with E-state index in [1.165, 1.54) is 4.31 Å². The summed E-state index contributed by atoms with van der Waals surface area (Å²) >= 11 is 5.07. The lowest BCUT2D eigenvalue weighted by molar-refractivity contribution is 0.158. The third-order valence-electron chi connectivity index (χ3n) is 3.34. The zero-order chi connectivity index (χ0) is 16.0. The highest BCUT2D eigenvalue weighted by Crippen LogP contribution is 2.13. The molecule has 1 rings (SSSR count). The van der Waals surface area contributed by atoms with Crippen molar-refractivity contribution in [1.29, 1.82) is 0 Å². The van der Waals surface area contributed by atoms with E-state index >= 15 is 0 Å². The molecule has 3 N–H and O–H groups in total. The van der Waals surface area contributed by atoms with E-state index in [0.717, 1.165) is 20.0 Å². The maximum absolute atomic E-state index is 11.9. The molecule has 1 atom stereocenters. The Morgan fingerprint density at radius 1 is 1.38 bits per heavy atom. The van der Waals surface area contributed by atoms with E-state index in [1.54, 1.807) is 0 Å². The summed E-state index contributed by atoms with van der Waals surface area (Å²) in [6.45, 7) is 3.63. The van der Waals surface area contributed by atoms with Crippen molar-refractivity contribution in [3.63, 3.8) is 0 Å². The normalized spacial score (nSPS) is 19.0. The highest BCUT2D eigenvalue weighted by atomic mass is 32.2. The Hall–Kier alpha value is -0.970. The molecule has 0 bridgehead atoms. The molecule has 0 aliphatic carbocycles. The van der Waals surface area contributed by atoms with Crippen LogP contribution in [0.2, 0.25) is 0 Å². The summed E-state index contributed by atoms with van der Waals surface area (Å²) in [5.74, 6) is 0. The summed E-state index contributed by atoms with van der Waals surface area (Å²) in [5.41, 5.74) is 5.74. The Labute approximate surface area is 130 Å². The SMILES string of the molecule is CCCC(C(N)=S)N1CCN(S(=O)(=O)NC(=O)OC)CC1. The van der Waals surface area contributed by atoms with Crippen LogP contribution in [-0.4, -0.2) is 68.0 Å². The van der Waals surface area contributed by atoms with Crippen molar-refractivity contribution >= 4 is 33.5 Å². The second-order valence-corrected chi connectivity index (χ2v) is 6.88. The molecule has 21 heavy (non-hydrogen) atoms. The highest BCUT2D eigenvalue weighted by molar-refractivity contribution is 7.87. The van der Waals surface area contributed by atoms with E-state index in [0.29, 0.717) is 18.1 Å². The number of ether oxygens (including phenoxy) is 1. The quantitative estimate of drug-likeness (QED) is 0.638. The van der Waals surface area contributed by atoms with E-state index in [1.807, 2.05) is 11.6 Å². The lowest BCUT2D eigenvalue weighted by Gasteiger charge is -2.38. The minimum absolute atomic E-state index is 0.0107. The summed E-state index contributed by atoms with van der Waals surface area (Å²) in [7, 11) is -2.75. The number of nitrogens with zero attached hydrogens (tertiary/aromatic N) is 2. The Bertz CT molecular complexity index is 475. The highest BCUT2D eigenvalue weighted by Gasteiger charge is 2.31. The number of carbonyl (C=O) groups is 1. The molecule has 0 radical (unpaired) electrons. The lowest BCUT2D eigenvalue weighted by atomic mass is 10.1. The summed E-state index contributed by atoms with van der Waals surface area (Å²) < 4.78 is 31.2. The van der Waals surface area contributed by atoms with E-state index in [4.69, 9.17) is 18.0 Å². The zero-order valence-electron chi connectivity index (χ0n) is 12.2. The third kappa shape index (κ3) is 5.06. The molecule has 1 heterocycles. The van der Waals surface area contributed by atoms with Crippen LogP contribution < -0.4 is 10.5 Å². The van der Waals surface area contributed by atoms with E-state index in [9.17, 15) is 13.2 Å². The third-order valence-corrected chi connectivity index (χ3v) is 5.08. The van der Waals surface area contributed by atoms with Gasteiger partial charge in [-0.3, -0.25) is 4.90 Å². The van der Waals surface area contributed by atoms with Crippen LogP contribution in [0.3, 0.4) is 0 Å². The number of nitrogens with two attached hydrogens (primary N) is 1. The number of methoxy groups -OCH3 is 1. The average molecular weight is 338 g/mol. The van der Waals surface area contributed by atoms with Gasteiger partial charge in [0.2, 0.25) is 0 Å². The Kier molecular flexibility index (Phi) is 6.78. The van der Waals surface area contributed by atoms with Gasteiger partial charge in [0.05, 0.1) is 18.1 Å². The average Bonchev–Trinajstić information content (AvgIpc) is 2.44. The second-order valence-electron chi connectivity index (χ2n) is 4.74. The Morgan fingerprint density at radius 2 is 1.95 bits per heavy atom. The lowest BCUT2D eigenvalue weighted by Crippen LogP contribution is -2.57. The number of piperazine rings is 1. The predicted molar refractivity (Wildman–Crippen MR) is 83.1 cm³/mol. The Morgan fingerprint density at radius 3 is 2.38 bits per heavy atom. The van der Waals surface area contributed by atoms with Crippen LogP contribution in [0.15, 0.2) is 0 Å². The van der Waals surface area contributed by atoms with Crippen molar-refractivity contribution in [2.24, 2.45) is 5.73 Å². The van der Waals surface area contributed by atoms with E-state index in [2.05, 4.69) is 9.64 Å². The number of amides is 1. The molecule has 1 aliphatic rings. The molecule has 1 unspecified atom stereocenters. The van der Waals surface area contributed by atoms with Gasteiger partial charge in [-0.15, -0.1) is 0 Å². The summed E-state index contributed by atoms with van der Waals surface area (Å²) in [4.78, 5) is 13.5. The largest absolute Gasteiger partial charge is 0.452 e. The number of thiocarbonyl (C=S) groups is 1. The first-order valence-electron chi connectivity index (χ1n) is 6.71. The van der Waals surface area contributed by atoms with Crippen molar-refractivity contribution in [2.45, 2.75) is 25.8 Å². The van der Waals surface area contributed by atoms with Crippen molar-refractivity contribution in [2.75, 3.05) is 33.3 Å². The van der Waals surface area contributed by atoms with Crippen LogP contribution in [0, 0.1) is 0 Å². The van der Waals surface area contributed by atoms with Crippen LogP contribution in [-0.2, 0) is 14.9 Å². The second kappa shape index (κ2) is 7.87. The van der Waals surface area contributed by atoms with Gasteiger partial charge in [-0.1, -0.05) is 25.6 Å². The van der Waals surface area contributed by atoms with Gasteiger partial charge in [-0.25, -0.2) is 9.52 Å². The molecule has 0 aromatic rings. The monoisotopic (exact) mass is 338 g/mol. The van der Waals surface area contributed by atoms with Gasteiger partial charge in [0, 0.05) is 26.2 Å². The number of nitrogens with one attached hydrogen (secondary N) is 1. The van der Waals surface area contributed by atoms with Crippen molar-refractivity contribution in [1.82, 2.24) is 13.9 Å². The summed E-state index contributed by atoms with van der Waals surface area (Å²) in [6.07, 6.45) is 0.803. The van der Waals surface area contributed by atoms with Gasteiger partial charge in [0.1, 0.15) is 0 Å². The van der Waals surface area contributed by atoms with Crippen LogP contribution in [0.1, 0.15) is 19.8 Å². The molecule has 1 saturated heterocycles. The van der Waals surface area contributed by atoms with Gasteiger partial charge >= 0.3 is 16.3 Å². The molecular formula is C11H22N4O4S2. The first-order valence-corrected chi connectivity index (χ1v) is 8.55. The number of carbonyl (C=O) groups excluding carboxylic acids is 1. The van der Waals surface area contributed by atoms with Crippen LogP contribution in [0.5, 0.6) is 0 Å². The topological polar surface area (TPSA) is 105 Å². The van der Waals surface area contributed by atoms with Gasteiger partial charge in [0.25, 0.3) is 0 Å². The number of rotatable bonds is 6. The molecule has 0 aromatic heterocycles. The first kappa shape index (κ1) is 18.1. The van der Waals surface area contributed by atoms with Crippen molar-refractivity contribution < 1.29 is 17.9 Å². The van der Waals surface area contributed by atoms with Gasteiger partial charge in [-0.2, -0.15) is 12.7 Å². The molecule has 10 heteroatoms. The molecule has 122 valence electrons. The van der Waals surface area contributed by atoms with Crippen molar-refractivity contribution in [3.8, 4) is 0 Å². The number of hydrogen-bond donors (Lipinski definition) is 2. The zero-order valence-corrected chi connectivity index (χ0v) is 13.9. The molecule has 0 saturated carbocycles. The smallest absolute Gasteiger partial charge is 0.421 e. The van der Waals surface area contributed by atoms with Gasteiger partial charge in [0.15, 0.2) is 0 Å². The predicted octanol–water partition coefficient (Wildman–Crippen LogP) is -0.340. The van der Waals surface area contributed by atoms with E-state index < -0.39 is 16.3 Å². The molecule has 8 nitrogen and oxygen atoms in total. The van der Waals surface area contributed by atoms with Crippen LogP contribution >= 0.6 is 12.2 Å². The minimum atomic E-state index is -3.86. The van der Waals surface area contributed by atoms with Gasteiger partial charge < -0.3 is 10.5 Å². The minimum Gasteiger partial charge on any atom is -0.452 e. The molecule has 1 fully saturated rings. The van der Waals surface area contributed by atoms with E-state index in [-0.39, 0.29) is 19.1 Å². The molecule has 1 aliphatic heterocycles. The molecular weight excluding hydrogens is 316 g/mol. The van der Waals surface area contributed by atoms with Gasteiger partial charge in [-0.05, 0) is 6.42 Å². The maximum Gasteiger partial charge on any atom is 0.421 e. The fourth-order valence-corrected chi connectivity index (χ4v) is 3.58. The maximum atomic E-state index is 11.9. The molecule has 1 amide bonds. The summed E-state index contributed by atoms with van der Waals surface area (Å²) in [6, 6.07) is -0.0107. The molecule has 0 spiro atoms. The first-order chi connectivity index (χ1) is 9.81. The van der Waals surface area contributed by atoms with Crippen molar-refractivity contribution in [3.05, 3.63) is 0 Å². The standard InChI is InChI=1S/C11H22N4O4S2/c1-3-4-9(10(12)20)14-5-7-15(8-6-14)21(17,18)13-11(16)19-2/h9H,3-8H2,1-2H3,(H2,12,20)(H,13,16). The van der Waals surface area contributed by atoms with Crippen LogP contribution in [0.25, 0.3) is 0 Å². The fraction of sp³-hybridized carbons (Fsp3) is 0.818. The molecule has 0 aromatic carbocycles. The van der Waals surface area contributed by atoms with Crippen LogP contribution in [0.4, 0.5) is 4.79 Å². The fourth-order valence-electron chi connectivity index (χ4n) is 2.25.